The number of para-hydroxylation sites is 1. The molecule has 0 aliphatic heterocycles. The first-order valence-corrected chi connectivity index (χ1v) is 11.9. The number of carbonyl (C=O) groups is 1. The van der Waals surface area contributed by atoms with Gasteiger partial charge >= 0.3 is 0 Å². The molecule has 0 aliphatic rings. The molecule has 4 rings (SSSR count). The lowest BCUT2D eigenvalue weighted by Gasteiger charge is -2.14. The number of ether oxygens (including phenoxy) is 3. The van der Waals surface area contributed by atoms with Crippen molar-refractivity contribution in [2.75, 3.05) is 23.8 Å². The van der Waals surface area contributed by atoms with E-state index in [4.69, 9.17) is 14.2 Å². The van der Waals surface area contributed by atoms with E-state index in [0.29, 0.717) is 24.7 Å². The van der Waals surface area contributed by atoms with Gasteiger partial charge in [-0.1, -0.05) is 36.4 Å². The summed E-state index contributed by atoms with van der Waals surface area (Å²) in [5.41, 5.74) is 3.82. The third-order valence-corrected chi connectivity index (χ3v) is 5.30. The van der Waals surface area contributed by atoms with E-state index in [1.807, 2.05) is 111 Å². The van der Waals surface area contributed by atoms with Crippen LogP contribution in [0.4, 0.5) is 11.4 Å². The number of anilines is 2. The molecule has 0 heterocycles. The second kappa shape index (κ2) is 12.3. The van der Waals surface area contributed by atoms with E-state index in [2.05, 4.69) is 10.6 Å². The van der Waals surface area contributed by atoms with E-state index in [1.54, 1.807) is 0 Å². The van der Waals surface area contributed by atoms with Gasteiger partial charge in [0.2, 0.25) is 0 Å². The van der Waals surface area contributed by atoms with Crippen molar-refractivity contribution in [3.05, 3.63) is 108 Å². The molecule has 0 unspecified atom stereocenters. The quantitative estimate of drug-likeness (QED) is 0.246. The van der Waals surface area contributed by atoms with Gasteiger partial charge in [-0.15, -0.1) is 0 Å². The smallest absolute Gasteiger partial charge is 0.262 e. The Bertz CT molecular complexity index is 1270. The second-order valence-electron chi connectivity index (χ2n) is 8.21. The Morgan fingerprint density at radius 3 is 2.28 bits per heavy atom. The Morgan fingerprint density at radius 2 is 1.53 bits per heavy atom. The summed E-state index contributed by atoms with van der Waals surface area (Å²) < 4.78 is 17.4. The minimum absolute atomic E-state index is 0.108. The van der Waals surface area contributed by atoms with E-state index in [0.717, 1.165) is 34.0 Å². The summed E-state index contributed by atoms with van der Waals surface area (Å²) >= 11 is 0. The number of benzene rings is 4. The van der Waals surface area contributed by atoms with Gasteiger partial charge in [-0.25, -0.2) is 0 Å². The number of hydrogen-bond donors (Lipinski definition) is 2. The Morgan fingerprint density at radius 1 is 0.750 bits per heavy atom. The Labute approximate surface area is 211 Å². The maximum atomic E-state index is 12.3. The van der Waals surface area contributed by atoms with Gasteiger partial charge in [0.15, 0.2) is 18.1 Å². The van der Waals surface area contributed by atoms with Crippen LogP contribution in [0.25, 0.3) is 0 Å². The van der Waals surface area contributed by atoms with E-state index >= 15 is 0 Å². The fourth-order valence-corrected chi connectivity index (χ4v) is 3.58. The molecule has 2 N–H and O–H groups in total. The van der Waals surface area contributed by atoms with Crippen LogP contribution in [0, 0.1) is 6.92 Å². The molecular formula is C30H30N2O4. The zero-order valence-corrected chi connectivity index (χ0v) is 20.5. The highest BCUT2D eigenvalue weighted by atomic mass is 16.5. The van der Waals surface area contributed by atoms with Crippen LogP contribution in [0.5, 0.6) is 23.0 Å². The van der Waals surface area contributed by atoms with Crippen molar-refractivity contribution >= 4 is 17.3 Å². The van der Waals surface area contributed by atoms with Gasteiger partial charge in [-0.05, 0) is 85.6 Å². The molecule has 6 heteroatoms. The second-order valence-corrected chi connectivity index (χ2v) is 8.21. The van der Waals surface area contributed by atoms with Crippen molar-refractivity contribution in [2.24, 2.45) is 0 Å². The molecule has 184 valence electrons. The number of nitrogens with one attached hydrogen (secondary N) is 2. The molecule has 0 fully saturated rings. The van der Waals surface area contributed by atoms with Gasteiger partial charge in [0.05, 0.1) is 6.61 Å². The Kier molecular flexibility index (Phi) is 8.44. The molecule has 6 nitrogen and oxygen atoms in total. The molecule has 36 heavy (non-hydrogen) atoms. The van der Waals surface area contributed by atoms with Crippen LogP contribution in [0.3, 0.4) is 0 Å². The lowest BCUT2D eigenvalue weighted by Crippen LogP contribution is -2.20. The topological polar surface area (TPSA) is 68.8 Å². The predicted molar refractivity (Wildman–Crippen MR) is 143 cm³/mol. The molecule has 0 bridgehead atoms. The van der Waals surface area contributed by atoms with Crippen LogP contribution in [-0.2, 0) is 11.3 Å². The fourth-order valence-electron chi connectivity index (χ4n) is 3.58. The van der Waals surface area contributed by atoms with Crippen LogP contribution < -0.4 is 24.8 Å². The number of carbonyl (C=O) groups excluding carboxylic acids is 1. The van der Waals surface area contributed by atoms with E-state index in [-0.39, 0.29) is 12.5 Å². The number of hydrogen-bond acceptors (Lipinski definition) is 5. The first-order valence-electron chi connectivity index (χ1n) is 11.9. The maximum absolute atomic E-state index is 12.3. The van der Waals surface area contributed by atoms with Gasteiger partial charge in [-0.2, -0.15) is 0 Å². The third kappa shape index (κ3) is 7.27. The minimum Gasteiger partial charge on any atom is -0.490 e. The molecule has 0 saturated carbocycles. The highest BCUT2D eigenvalue weighted by Crippen LogP contribution is 2.29. The Balaban J connectivity index is 1.32. The predicted octanol–water partition coefficient (Wildman–Crippen LogP) is 6.82. The van der Waals surface area contributed by atoms with Gasteiger partial charge in [0, 0.05) is 17.9 Å². The first kappa shape index (κ1) is 24.7. The molecule has 4 aromatic carbocycles. The Hall–Kier alpha value is -4.45. The van der Waals surface area contributed by atoms with Crippen molar-refractivity contribution in [2.45, 2.75) is 20.4 Å². The van der Waals surface area contributed by atoms with Crippen LogP contribution >= 0.6 is 0 Å². The number of rotatable bonds is 11. The van der Waals surface area contributed by atoms with Crippen LogP contribution in [0.2, 0.25) is 0 Å². The lowest BCUT2D eigenvalue weighted by molar-refractivity contribution is -0.118. The molecular weight excluding hydrogens is 452 g/mol. The summed E-state index contributed by atoms with van der Waals surface area (Å²) in [6.07, 6.45) is 0. The van der Waals surface area contributed by atoms with Crippen LogP contribution in [-0.4, -0.2) is 19.1 Å². The monoisotopic (exact) mass is 482 g/mol. The molecule has 0 aromatic heterocycles. The number of aryl methyl sites for hydroxylation is 1. The van der Waals surface area contributed by atoms with E-state index in [9.17, 15) is 4.79 Å². The summed E-state index contributed by atoms with van der Waals surface area (Å²) in [4.78, 5) is 12.3. The summed E-state index contributed by atoms with van der Waals surface area (Å²) in [5, 5.41) is 6.25. The molecule has 4 aromatic rings. The first-order chi connectivity index (χ1) is 17.6. The van der Waals surface area contributed by atoms with Crippen LogP contribution in [0.15, 0.2) is 97.1 Å². The number of amides is 1. The molecule has 0 radical (unpaired) electrons. The molecule has 0 spiro atoms. The zero-order valence-electron chi connectivity index (χ0n) is 20.5. The SMILES string of the molecule is CCOc1cc(CNc2ccc(Oc3ccccc3)cc2)ccc1OCC(=O)Nc1cccc(C)c1. The van der Waals surface area contributed by atoms with Crippen molar-refractivity contribution < 1.29 is 19.0 Å². The van der Waals surface area contributed by atoms with Crippen molar-refractivity contribution in [1.29, 1.82) is 0 Å². The molecule has 0 aliphatic carbocycles. The lowest BCUT2D eigenvalue weighted by atomic mass is 10.2. The minimum atomic E-state index is -0.228. The fraction of sp³-hybridized carbons (Fsp3) is 0.167. The maximum Gasteiger partial charge on any atom is 0.262 e. The molecule has 0 atom stereocenters. The summed E-state index contributed by atoms with van der Waals surface area (Å²) in [6, 6.07) is 30.9. The average Bonchev–Trinajstić information content (AvgIpc) is 2.88. The normalized spacial score (nSPS) is 10.4. The summed E-state index contributed by atoms with van der Waals surface area (Å²) in [6.45, 7) is 4.88. The van der Waals surface area contributed by atoms with Gasteiger partial charge in [-0.3, -0.25) is 4.79 Å². The highest BCUT2D eigenvalue weighted by molar-refractivity contribution is 5.92. The van der Waals surface area contributed by atoms with E-state index in [1.165, 1.54) is 0 Å². The van der Waals surface area contributed by atoms with Gasteiger partial charge in [0.1, 0.15) is 11.5 Å². The third-order valence-electron chi connectivity index (χ3n) is 5.30. The van der Waals surface area contributed by atoms with Gasteiger partial charge < -0.3 is 24.8 Å². The summed E-state index contributed by atoms with van der Waals surface area (Å²) in [7, 11) is 0. The van der Waals surface area contributed by atoms with Crippen molar-refractivity contribution in [1.82, 2.24) is 0 Å². The highest BCUT2D eigenvalue weighted by Gasteiger charge is 2.10. The largest absolute Gasteiger partial charge is 0.490 e. The average molecular weight is 483 g/mol. The standard InChI is InChI=1S/C30H30N2O4/c1-3-34-29-19-23(12-17-28(29)35-21-30(33)32-25-9-7-8-22(2)18-25)20-31-24-13-15-27(16-14-24)36-26-10-5-4-6-11-26/h4-19,31H,3,20-21H2,1-2H3,(H,32,33). The molecule has 1 amide bonds. The van der Waals surface area contributed by atoms with Gasteiger partial charge in [0.25, 0.3) is 5.91 Å². The van der Waals surface area contributed by atoms with Crippen molar-refractivity contribution in [3.63, 3.8) is 0 Å². The van der Waals surface area contributed by atoms with Crippen LogP contribution in [0.1, 0.15) is 18.1 Å². The zero-order chi connectivity index (χ0) is 25.2. The summed E-state index contributed by atoms with van der Waals surface area (Å²) in [5.74, 6) is 2.48. The van der Waals surface area contributed by atoms with Crippen molar-refractivity contribution in [3.8, 4) is 23.0 Å². The molecule has 0 saturated heterocycles. The van der Waals surface area contributed by atoms with E-state index < -0.39 is 0 Å².